The molecule has 1 rings (SSSR count). The summed E-state index contributed by atoms with van der Waals surface area (Å²) in [7, 11) is 0. The van der Waals surface area contributed by atoms with Crippen LogP contribution in [0.4, 0.5) is 4.79 Å². The molecule has 1 amide bonds. The van der Waals surface area contributed by atoms with Gasteiger partial charge in [-0.15, -0.1) is 0 Å². The van der Waals surface area contributed by atoms with Crippen LogP contribution in [0, 0.1) is 5.92 Å². The van der Waals surface area contributed by atoms with Crippen LogP contribution in [0.3, 0.4) is 0 Å². The van der Waals surface area contributed by atoms with E-state index in [1.807, 2.05) is 0 Å². The maximum atomic E-state index is 13.0. The molecule has 1 atom stereocenters. The lowest BCUT2D eigenvalue weighted by molar-refractivity contribution is -0.161. The van der Waals surface area contributed by atoms with Crippen molar-refractivity contribution in [3.63, 3.8) is 0 Å². The van der Waals surface area contributed by atoms with Crippen molar-refractivity contribution in [3.8, 4) is 0 Å². The van der Waals surface area contributed by atoms with E-state index in [4.69, 9.17) is 23.7 Å². The number of nitrogens with one attached hydrogen (secondary N) is 1. The van der Waals surface area contributed by atoms with E-state index in [1.165, 1.54) is 96.3 Å². The minimum atomic E-state index is -0.521. The zero-order valence-electron chi connectivity index (χ0n) is 39.0. The predicted octanol–water partition coefficient (Wildman–Crippen LogP) is 12.6. The van der Waals surface area contributed by atoms with Crippen LogP contribution in [0.1, 0.15) is 207 Å². The molecule has 1 heterocycles. The van der Waals surface area contributed by atoms with Crippen LogP contribution in [-0.4, -0.2) is 88.4 Å². The maximum absolute atomic E-state index is 13.0. The Bertz CT molecular complexity index is 1030. The highest BCUT2D eigenvalue weighted by molar-refractivity contribution is 5.70. The Labute approximate surface area is 368 Å². The summed E-state index contributed by atoms with van der Waals surface area (Å²) in [5.41, 5.74) is 0. The monoisotopic (exact) mass is 849 g/mol. The smallest absolute Gasteiger partial charge is 0.407 e. The summed E-state index contributed by atoms with van der Waals surface area (Å²) in [6.07, 6.45) is 39.1. The van der Waals surface area contributed by atoms with Gasteiger partial charge < -0.3 is 33.9 Å². The van der Waals surface area contributed by atoms with Gasteiger partial charge in [0, 0.05) is 39.1 Å². The second-order valence-electron chi connectivity index (χ2n) is 16.9. The molecule has 1 unspecified atom stereocenters. The van der Waals surface area contributed by atoms with Gasteiger partial charge in [-0.2, -0.15) is 0 Å². The number of hydrogen-bond acceptors (Lipinski definition) is 9. The van der Waals surface area contributed by atoms with Crippen molar-refractivity contribution in [1.29, 1.82) is 0 Å². The first-order valence-electron chi connectivity index (χ1n) is 25.0. The maximum Gasteiger partial charge on any atom is 0.407 e. The molecule has 1 saturated heterocycles. The highest BCUT2D eigenvalue weighted by Crippen LogP contribution is 2.14. The van der Waals surface area contributed by atoms with Gasteiger partial charge in [0.1, 0.15) is 19.8 Å². The summed E-state index contributed by atoms with van der Waals surface area (Å²) in [6, 6.07) is 0. The molecule has 10 nitrogen and oxygen atoms in total. The number of carbonyl (C=O) groups is 3. The zero-order chi connectivity index (χ0) is 43.4. The predicted molar refractivity (Wildman–Crippen MR) is 246 cm³/mol. The van der Waals surface area contributed by atoms with Crippen molar-refractivity contribution in [1.82, 2.24) is 10.2 Å². The average molecular weight is 849 g/mol. The molecule has 0 aromatic carbocycles. The first-order valence-corrected chi connectivity index (χ1v) is 25.0. The standard InChI is InChI=1S/C50H92N2O8/c1-4-7-10-13-16-17-18-19-20-21-22-23-24-25-29-34-47(53)58-43-46(45-60-50(55)51-37-40-52-38-30-28-31-39-52)44-59-48(54)35-36-49(56-41-32-26-14-11-8-5-2)57-42-33-27-15-12-9-6-3/h16-17,19-20,46,49H,4-15,18,21-45H2,1-3H3,(H,51,55)/b17-16-,20-19-. The highest BCUT2D eigenvalue weighted by atomic mass is 16.7. The number of ether oxygens (including phenoxy) is 5. The third-order valence-corrected chi connectivity index (χ3v) is 11.1. The number of alkyl carbamates (subject to hydrolysis) is 1. The third-order valence-electron chi connectivity index (χ3n) is 11.1. The molecule has 60 heavy (non-hydrogen) atoms. The van der Waals surface area contributed by atoms with Gasteiger partial charge in [-0.05, 0) is 77.3 Å². The topological polar surface area (TPSA) is 113 Å². The van der Waals surface area contributed by atoms with Crippen molar-refractivity contribution in [3.05, 3.63) is 24.3 Å². The molecule has 1 N–H and O–H groups in total. The van der Waals surface area contributed by atoms with E-state index in [-0.39, 0.29) is 38.2 Å². The summed E-state index contributed by atoms with van der Waals surface area (Å²) >= 11 is 0. The van der Waals surface area contributed by atoms with E-state index < -0.39 is 18.3 Å². The molecule has 1 fully saturated rings. The Kier molecular flexibility index (Phi) is 40.0. The van der Waals surface area contributed by atoms with Gasteiger partial charge in [0.05, 0.1) is 12.3 Å². The van der Waals surface area contributed by atoms with Gasteiger partial charge in [-0.25, -0.2) is 4.79 Å². The summed E-state index contributed by atoms with van der Waals surface area (Å²) in [6.45, 7) is 11.3. The van der Waals surface area contributed by atoms with Crippen molar-refractivity contribution >= 4 is 18.0 Å². The Morgan fingerprint density at radius 2 is 1.03 bits per heavy atom. The lowest BCUT2D eigenvalue weighted by Gasteiger charge is -2.26. The molecule has 0 spiro atoms. The fourth-order valence-corrected chi connectivity index (χ4v) is 7.18. The highest BCUT2D eigenvalue weighted by Gasteiger charge is 2.20. The van der Waals surface area contributed by atoms with Gasteiger partial charge in [0.15, 0.2) is 6.29 Å². The van der Waals surface area contributed by atoms with E-state index in [0.29, 0.717) is 32.6 Å². The summed E-state index contributed by atoms with van der Waals surface area (Å²) in [5, 5.41) is 2.83. The van der Waals surface area contributed by atoms with Crippen LogP contribution in [0.5, 0.6) is 0 Å². The Hall–Kier alpha value is -2.43. The van der Waals surface area contributed by atoms with Crippen LogP contribution >= 0.6 is 0 Å². The number of likely N-dealkylation sites (tertiary alicyclic amines) is 1. The Morgan fingerprint density at radius 1 is 0.550 bits per heavy atom. The van der Waals surface area contributed by atoms with Crippen LogP contribution in [0.25, 0.3) is 0 Å². The van der Waals surface area contributed by atoms with Crippen molar-refractivity contribution in [2.75, 3.05) is 59.2 Å². The number of hydrogen-bond donors (Lipinski definition) is 1. The number of unbranched alkanes of at least 4 members (excludes halogenated alkanes) is 18. The quantitative estimate of drug-likeness (QED) is 0.0211. The fourth-order valence-electron chi connectivity index (χ4n) is 7.18. The molecule has 1 aliphatic heterocycles. The first kappa shape index (κ1) is 55.6. The van der Waals surface area contributed by atoms with Gasteiger partial charge in [-0.1, -0.05) is 148 Å². The van der Waals surface area contributed by atoms with Gasteiger partial charge in [-0.3, -0.25) is 9.59 Å². The van der Waals surface area contributed by atoms with E-state index in [1.54, 1.807) is 0 Å². The molecule has 0 aromatic heterocycles. The minimum absolute atomic E-state index is 0.0127. The molecule has 0 aliphatic carbocycles. The number of esters is 2. The van der Waals surface area contributed by atoms with Crippen molar-refractivity contribution in [2.45, 2.75) is 213 Å². The number of rotatable bonds is 42. The summed E-state index contributed by atoms with van der Waals surface area (Å²) in [4.78, 5) is 40.6. The molecule has 350 valence electrons. The second-order valence-corrected chi connectivity index (χ2v) is 16.9. The van der Waals surface area contributed by atoms with E-state index in [9.17, 15) is 14.4 Å². The zero-order valence-corrected chi connectivity index (χ0v) is 39.0. The second kappa shape index (κ2) is 43.2. The number of amides is 1. The minimum Gasteiger partial charge on any atom is -0.465 e. The van der Waals surface area contributed by atoms with Crippen molar-refractivity contribution in [2.24, 2.45) is 5.92 Å². The van der Waals surface area contributed by atoms with E-state index >= 15 is 0 Å². The van der Waals surface area contributed by atoms with Crippen LogP contribution in [0.15, 0.2) is 24.3 Å². The first-order chi connectivity index (χ1) is 29.5. The molecule has 0 bridgehead atoms. The molecule has 0 aromatic rings. The summed E-state index contributed by atoms with van der Waals surface area (Å²) < 4.78 is 29.0. The van der Waals surface area contributed by atoms with Crippen LogP contribution in [0.2, 0.25) is 0 Å². The Morgan fingerprint density at radius 3 is 1.63 bits per heavy atom. The number of carbonyl (C=O) groups excluding carboxylic acids is 3. The molecule has 0 radical (unpaired) electrons. The Balaban J connectivity index is 2.51. The number of allylic oxidation sites excluding steroid dienone is 4. The van der Waals surface area contributed by atoms with Crippen molar-refractivity contribution < 1.29 is 38.1 Å². The number of nitrogens with zero attached hydrogens (tertiary/aromatic N) is 1. The van der Waals surface area contributed by atoms with Gasteiger partial charge in [0.2, 0.25) is 0 Å². The molecular weight excluding hydrogens is 757 g/mol. The summed E-state index contributed by atoms with van der Waals surface area (Å²) in [5.74, 6) is -1.13. The SMILES string of the molecule is CCCCC/C=C\C/C=C\CCCCCCCC(=O)OCC(COC(=O)CCC(OCCCCCCCC)OCCCCCCCC)COC(=O)NCCN1CCCCC1. The van der Waals surface area contributed by atoms with E-state index in [2.05, 4.69) is 55.3 Å². The third kappa shape index (κ3) is 37.3. The normalized spacial score (nSPS) is 14.0. The van der Waals surface area contributed by atoms with Crippen LogP contribution in [-0.2, 0) is 33.3 Å². The molecule has 0 saturated carbocycles. The lowest BCUT2D eigenvalue weighted by Crippen LogP contribution is -2.38. The number of piperidine rings is 1. The van der Waals surface area contributed by atoms with E-state index in [0.717, 1.165) is 90.3 Å². The van der Waals surface area contributed by atoms with Crippen LogP contribution < -0.4 is 5.32 Å². The average Bonchev–Trinajstić information content (AvgIpc) is 3.25. The molecule has 1 aliphatic rings. The lowest BCUT2D eigenvalue weighted by atomic mass is 10.1. The molecular formula is C50H92N2O8. The fraction of sp³-hybridized carbons (Fsp3) is 0.860. The van der Waals surface area contributed by atoms with Gasteiger partial charge in [0.25, 0.3) is 0 Å². The largest absolute Gasteiger partial charge is 0.465 e. The van der Waals surface area contributed by atoms with Gasteiger partial charge >= 0.3 is 18.0 Å². The molecule has 10 heteroatoms.